The van der Waals surface area contributed by atoms with Gasteiger partial charge in [0.15, 0.2) is 0 Å². The fourth-order valence-corrected chi connectivity index (χ4v) is 1.57. The molecule has 0 spiro atoms. The van der Waals surface area contributed by atoms with Gasteiger partial charge in [-0.15, -0.1) is 0 Å². The topological polar surface area (TPSA) is 27.1 Å². The van der Waals surface area contributed by atoms with E-state index in [-0.39, 0.29) is 0 Å². The first-order valence-corrected chi connectivity index (χ1v) is 5.06. The van der Waals surface area contributed by atoms with Gasteiger partial charge >= 0.3 is 0 Å². The van der Waals surface area contributed by atoms with Crippen molar-refractivity contribution in [1.82, 2.24) is 4.90 Å². The van der Waals surface area contributed by atoms with Crippen LogP contribution in [0.1, 0.15) is 32.6 Å². The van der Waals surface area contributed by atoms with Crippen LogP contribution < -0.4 is 0 Å². The highest BCUT2D eigenvalue weighted by atomic mass is 15.2. The quantitative estimate of drug-likeness (QED) is 0.502. The van der Waals surface area contributed by atoms with Crippen molar-refractivity contribution in [1.29, 1.82) is 5.41 Å². The minimum Gasteiger partial charge on any atom is -0.360 e. The monoisotopic (exact) mass is 166 g/mol. The van der Waals surface area contributed by atoms with E-state index in [0.29, 0.717) is 0 Å². The molecule has 2 nitrogen and oxygen atoms in total. The summed E-state index contributed by atoms with van der Waals surface area (Å²) < 4.78 is 0. The first kappa shape index (κ1) is 8.09. The smallest absolute Gasteiger partial charge is 0.0926 e. The van der Waals surface area contributed by atoms with Gasteiger partial charge in [0.05, 0.1) is 5.84 Å². The Morgan fingerprint density at radius 1 is 1.17 bits per heavy atom. The molecule has 0 saturated heterocycles. The molecule has 2 aliphatic carbocycles. The van der Waals surface area contributed by atoms with E-state index in [1.165, 1.54) is 25.7 Å². The Morgan fingerprint density at radius 3 is 1.83 bits per heavy atom. The second-order valence-electron chi connectivity index (χ2n) is 4.38. The number of rotatable bonds is 4. The zero-order valence-corrected chi connectivity index (χ0v) is 7.84. The lowest BCUT2D eigenvalue weighted by Gasteiger charge is -2.22. The van der Waals surface area contributed by atoms with Gasteiger partial charge in [-0.2, -0.15) is 0 Å². The van der Waals surface area contributed by atoms with Crippen LogP contribution in [0.2, 0.25) is 0 Å². The van der Waals surface area contributed by atoms with Crippen LogP contribution in [-0.4, -0.2) is 23.8 Å². The molecule has 0 radical (unpaired) electrons. The summed E-state index contributed by atoms with van der Waals surface area (Å²) in [5, 5.41) is 7.62. The predicted octanol–water partition coefficient (Wildman–Crippen LogP) is 2.11. The standard InChI is InChI=1S/C10H18N2/c1-8(11)12(6-9-2-3-9)7-10-4-5-10/h9-11H,2-7H2,1H3. The van der Waals surface area contributed by atoms with Crippen LogP contribution in [0, 0.1) is 17.2 Å². The molecule has 1 N–H and O–H groups in total. The summed E-state index contributed by atoms with van der Waals surface area (Å²) in [4.78, 5) is 2.27. The van der Waals surface area contributed by atoms with E-state index >= 15 is 0 Å². The molecule has 0 unspecified atom stereocenters. The highest BCUT2D eigenvalue weighted by Crippen LogP contribution is 2.33. The maximum Gasteiger partial charge on any atom is 0.0926 e. The van der Waals surface area contributed by atoms with Crippen LogP contribution in [0.5, 0.6) is 0 Å². The third kappa shape index (κ3) is 2.23. The summed E-state index contributed by atoms with van der Waals surface area (Å²) in [5.74, 6) is 2.61. The molecule has 0 aromatic carbocycles. The highest BCUT2D eigenvalue weighted by molar-refractivity contribution is 5.76. The van der Waals surface area contributed by atoms with Crippen molar-refractivity contribution in [2.45, 2.75) is 32.6 Å². The molecule has 0 heterocycles. The van der Waals surface area contributed by atoms with Gasteiger partial charge in [-0.1, -0.05) is 0 Å². The van der Waals surface area contributed by atoms with Gasteiger partial charge in [0.1, 0.15) is 0 Å². The van der Waals surface area contributed by atoms with Crippen molar-refractivity contribution in [2.75, 3.05) is 13.1 Å². The van der Waals surface area contributed by atoms with Crippen molar-refractivity contribution in [3.8, 4) is 0 Å². The summed E-state index contributed by atoms with van der Waals surface area (Å²) in [6.07, 6.45) is 5.59. The largest absolute Gasteiger partial charge is 0.360 e. The Morgan fingerprint density at radius 2 is 1.58 bits per heavy atom. The van der Waals surface area contributed by atoms with Crippen molar-refractivity contribution in [2.24, 2.45) is 11.8 Å². The lowest BCUT2D eigenvalue weighted by atomic mass is 10.3. The van der Waals surface area contributed by atoms with Gasteiger partial charge in [0.2, 0.25) is 0 Å². The van der Waals surface area contributed by atoms with Crippen LogP contribution in [-0.2, 0) is 0 Å². The summed E-state index contributed by atoms with van der Waals surface area (Å²) in [6.45, 7) is 4.24. The molecular formula is C10H18N2. The summed E-state index contributed by atoms with van der Waals surface area (Å²) >= 11 is 0. The average molecular weight is 166 g/mol. The lowest BCUT2D eigenvalue weighted by Crippen LogP contribution is -2.32. The first-order valence-electron chi connectivity index (χ1n) is 5.06. The third-order valence-corrected chi connectivity index (χ3v) is 2.83. The second-order valence-corrected chi connectivity index (χ2v) is 4.38. The summed E-state index contributed by atoms with van der Waals surface area (Å²) in [7, 11) is 0. The molecule has 2 rings (SSSR count). The van der Waals surface area contributed by atoms with Crippen LogP contribution >= 0.6 is 0 Å². The number of nitrogens with zero attached hydrogens (tertiary/aromatic N) is 1. The molecule has 2 saturated carbocycles. The van der Waals surface area contributed by atoms with E-state index in [4.69, 9.17) is 5.41 Å². The minimum atomic E-state index is 0.772. The van der Waals surface area contributed by atoms with Gasteiger partial charge in [-0.3, -0.25) is 5.41 Å². The molecule has 0 amide bonds. The molecule has 2 fully saturated rings. The van der Waals surface area contributed by atoms with Crippen LogP contribution in [0.15, 0.2) is 0 Å². The van der Waals surface area contributed by atoms with Gasteiger partial charge in [-0.25, -0.2) is 0 Å². The number of amidine groups is 1. The van der Waals surface area contributed by atoms with Crippen LogP contribution in [0.25, 0.3) is 0 Å². The van der Waals surface area contributed by atoms with Crippen molar-refractivity contribution in [3.05, 3.63) is 0 Å². The summed E-state index contributed by atoms with van der Waals surface area (Å²) in [6, 6.07) is 0. The lowest BCUT2D eigenvalue weighted by molar-refractivity contribution is 0.378. The first-order chi connectivity index (χ1) is 5.75. The maximum absolute atomic E-state index is 7.62. The van der Waals surface area contributed by atoms with Crippen LogP contribution in [0.4, 0.5) is 0 Å². The molecular weight excluding hydrogens is 148 g/mol. The zero-order valence-electron chi connectivity index (χ0n) is 7.84. The molecule has 12 heavy (non-hydrogen) atoms. The molecule has 68 valence electrons. The van der Waals surface area contributed by atoms with Gasteiger partial charge < -0.3 is 4.90 Å². The molecule has 2 aliphatic rings. The Kier molecular flexibility index (Phi) is 2.07. The summed E-state index contributed by atoms with van der Waals surface area (Å²) in [5.41, 5.74) is 0. The van der Waals surface area contributed by atoms with E-state index < -0.39 is 0 Å². The predicted molar refractivity (Wildman–Crippen MR) is 50.4 cm³/mol. The van der Waals surface area contributed by atoms with Gasteiger partial charge in [-0.05, 0) is 44.4 Å². The zero-order chi connectivity index (χ0) is 8.55. The van der Waals surface area contributed by atoms with E-state index in [1.807, 2.05) is 6.92 Å². The Hall–Kier alpha value is -0.530. The van der Waals surface area contributed by atoms with Crippen molar-refractivity contribution < 1.29 is 0 Å². The van der Waals surface area contributed by atoms with Gasteiger partial charge in [0, 0.05) is 13.1 Å². The Labute approximate surface area is 74.5 Å². The fourth-order valence-electron chi connectivity index (χ4n) is 1.57. The number of hydrogen-bond acceptors (Lipinski definition) is 1. The highest BCUT2D eigenvalue weighted by Gasteiger charge is 2.29. The van der Waals surface area contributed by atoms with E-state index in [9.17, 15) is 0 Å². The number of hydrogen-bond donors (Lipinski definition) is 1. The normalized spacial score (nSPS) is 22.4. The van der Waals surface area contributed by atoms with E-state index in [1.54, 1.807) is 0 Å². The molecule has 0 aromatic heterocycles. The second kappa shape index (κ2) is 3.08. The molecule has 0 bridgehead atoms. The maximum atomic E-state index is 7.62. The Balaban J connectivity index is 1.77. The SMILES string of the molecule is CC(=N)N(CC1CC1)CC1CC1. The van der Waals surface area contributed by atoms with Crippen molar-refractivity contribution in [3.63, 3.8) is 0 Å². The van der Waals surface area contributed by atoms with Gasteiger partial charge in [0.25, 0.3) is 0 Å². The van der Waals surface area contributed by atoms with E-state index in [2.05, 4.69) is 4.90 Å². The van der Waals surface area contributed by atoms with Crippen LogP contribution in [0.3, 0.4) is 0 Å². The number of nitrogens with one attached hydrogen (secondary N) is 1. The third-order valence-electron chi connectivity index (χ3n) is 2.83. The van der Waals surface area contributed by atoms with Crippen molar-refractivity contribution >= 4 is 5.84 Å². The van der Waals surface area contributed by atoms with E-state index in [0.717, 1.165) is 30.8 Å². The minimum absolute atomic E-state index is 0.772. The molecule has 0 aromatic rings. The fraction of sp³-hybridized carbons (Fsp3) is 0.900. The Bertz CT molecular complexity index is 166. The molecule has 0 atom stereocenters. The molecule has 2 heteroatoms. The average Bonchev–Trinajstić information content (AvgIpc) is 2.78. The molecule has 0 aliphatic heterocycles.